The molecule has 1 aromatic heterocycles. The van der Waals surface area contributed by atoms with Gasteiger partial charge in [0, 0.05) is 56.3 Å². The van der Waals surface area contributed by atoms with E-state index in [0.29, 0.717) is 45.4 Å². The van der Waals surface area contributed by atoms with Gasteiger partial charge < -0.3 is 19.8 Å². The SMILES string of the molecule is CC1(O)CCN(C(=O)C(C)(C)Cc2cncc(N3CCN(C(=O)C(C)(C)C)CC3)c2)CC1. The summed E-state index contributed by atoms with van der Waals surface area (Å²) in [6.07, 6.45) is 5.57. The van der Waals surface area contributed by atoms with Crippen molar-refractivity contribution >= 4 is 17.5 Å². The molecule has 7 heteroatoms. The second kappa shape index (κ2) is 9.00. The summed E-state index contributed by atoms with van der Waals surface area (Å²) < 4.78 is 0. The molecule has 2 amide bonds. The smallest absolute Gasteiger partial charge is 0.228 e. The standard InChI is InChI=1S/C25H40N4O3/c1-23(2,3)21(30)29-13-11-27(12-14-29)20-15-19(17-26-18-20)16-24(4,5)22(31)28-9-7-25(6,32)8-10-28/h15,17-18,32H,7-14,16H2,1-6H3. The Kier molecular flexibility index (Phi) is 6.89. The zero-order chi connectivity index (χ0) is 23.7. The third-order valence-electron chi connectivity index (χ3n) is 6.71. The molecular formula is C25H40N4O3. The van der Waals surface area contributed by atoms with Crippen molar-refractivity contribution in [1.29, 1.82) is 0 Å². The first-order chi connectivity index (χ1) is 14.8. The number of aliphatic hydroxyl groups is 1. The van der Waals surface area contributed by atoms with Gasteiger partial charge in [0.2, 0.25) is 11.8 Å². The Bertz CT molecular complexity index is 826. The number of hydrogen-bond donors (Lipinski definition) is 1. The number of likely N-dealkylation sites (tertiary alicyclic amines) is 1. The van der Waals surface area contributed by atoms with Gasteiger partial charge in [0.25, 0.3) is 0 Å². The fourth-order valence-electron chi connectivity index (χ4n) is 4.59. The molecule has 0 atom stereocenters. The number of pyridine rings is 1. The predicted octanol–water partition coefficient (Wildman–Crippen LogP) is 2.72. The van der Waals surface area contributed by atoms with Gasteiger partial charge in [-0.05, 0) is 37.8 Å². The van der Waals surface area contributed by atoms with E-state index in [2.05, 4.69) is 16.0 Å². The zero-order valence-electron chi connectivity index (χ0n) is 20.6. The Morgan fingerprint density at radius 1 is 0.938 bits per heavy atom. The third-order valence-corrected chi connectivity index (χ3v) is 6.71. The van der Waals surface area contributed by atoms with Gasteiger partial charge in [0.15, 0.2) is 0 Å². The molecule has 32 heavy (non-hydrogen) atoms. The monoisotopic (exact) mass is 444 g/mol. The van der Waals surface area contributed by atoms with Crippen molar-refractivity contribution in [3.05, 3.63) is 24.0 Å². The van der Waals surface area contributed by atoms with Crippen LogP contribution in [0.2, 0.25) is 0 Å². The lowest BCUT2D eigenvalue weighted by Crippen LogP contribution is -2.51. The van der Waals surface area contributed by atoms with Crippen LogP contribution >= 0.6 is 0 Å². The minimum Gasteiger partial charge on any atom is -0.390 e. The molecule has 0 saturated carbocycles. The minimum absolute atomic E-state index is 0.132. The largest absolute Gasteiger partial charge is 0.390 e. The average Bonchev–Trinajstić information content (AvgIpc) is 2.72. The highest BCUT2D eigenvalue weighted by Crippen LogP contribution is 2.30. The van der Waals surface area contributed by atoms with Crippen LogP contribution in [-0.2, 0) is 16.0 Å². The Labute approximate surface area is 192 Å². The number of carbonyl (C=O) groups excluding carboxylic acids is 2. The van der Waals surface area contributed by atoms with Crippen molar-refractivity contribution in [3.8, 4) is 0 Å². The Morgan fingerprint density at radius 3 is 2.06 bits per heavy atom. The molecule has 0 unspecified atom stereocenters. The van der Waals surface area contributed by atoms with Gasteiger partial charge in [-0.3, -0.25) is 14.6 Å². The molecule has 0 spiro atoms. The van der Waals surface area contributed by atoms with Crippen LogP contribution in [0.4, 0.5) is 5.69 Å². The van der Waals surface area contributed by atoms with Gasteiger partial charge in [-0.1, -0.05) is 34.6 Å². The summed E-state index contributed by atoms with van der Waals surface area (Å²) in [4.78, 5) is 36.3. The van der Waals surface area contributed by atoms with Crippen LogP contribution in [0.1, 0.15) is 59.9 Å². The van der Waals surface area contributed by atoms with Crippen LogP contribution in [0.5, 0.6) is 0 Å². The predicted molar refractivity (Wildman–Crippen MR) is 126 cm³/mol. The van der Waals surface area contributed by atoms with Crippen molar-refractivity contribution in [2.45, 2.75) is 66.4 Å². The molecule has 0 aromatic carbocycles. The molecule has 2 aliphatic rings. The van der Waals surface area contributed by atoms with Crippen LogP contribution < -0.4 is 4.90 Å². The van der Waals surface area contributed by atoms with Gasteiger partial charge in [-0.15, -0.1) is 0 Å². The second-order valence-corrected chi connectivity index (χ2v) is 11.4. The van der Waals surface area contributed by atoms with Crippen LogP contribution in [-0.4, -0.2) is 76.6 Å². The molecule has 2 saturated heterocycles. The number of hydrogen-bond acceptors (Lipinski definition) is 5. The van der Waals surface area contributed by atoms with Crippen molar-refractivity contribution in [2.24, 2.45) is 10.8 Å². The first-order valence-electron chi connectivity index (χ1n) is 11.8. The van der Waals surface area contributed by atoms with E-state index in [1.165, 1.54) is 0 Å². The molecule has 2 aliphatic heterocycles. The van der Waals surface area contributed by atoms with Gasteiger partial charge in [0.1, 0.15) is 0 Å². The normalized spacial score (nSPS) is 19.8. The maximum atomic E-state index is 13.2. The maximum Gasteiger partial charge on any atom is 0.228 e. The lowest BCUT2D eigenvalue weighted by atomic mass is 9.83. The van der Waals surface area contributed by atoms with E-state index in [1.54, 1.807) is 0 Å². The second-order valence-electron chi connectivity index (χ2n) is 11.4. The number of piperazine rings is 1. The summed E-state index contributed by atoms with van der Waals surface area (Å²) in [6, 6.07) is 2.13. The highest BCUT2D eigenvalue weighted by atomic mass is 16.3. The molecule has 178 valence electrons. The average molecular weight is 445 g/mol. The molecular weight excluding hydrogens is 404 g/mol. The number of anilines is 1. The molecule has 0 radical (unpaired) electrons. The quantitative estimate of drug-likeness (QED) is 0.773. The van der Waals surface area contributed by atoms with Crippen LogP contribution in [0.25, 0.3) is 0 Å². The van der Waals surface area contributed by atoms with Crippen LogP contribution in [0.3, 0.4) is 0 Å². The zero-order valence-corrected chi connectivity index (χ0v) is 20.6. The van der Waals surface area contributed by atoms with E-state index < -0.39 is 11.0 Å². The number of amides is 2. The summed E-state index contributed by atoms with van der Waals surface area (Å²) in [5.41, 5.74) is 0.522. The summed E-state index contributed by atoms with van der Waals surface area (Å²) in [5, 5.41) is 10.2. The van der Waals surface area contributed by atoms with Crippen LogP contribution in [0.15, 0.2) is 18.5 Å². The van der Waals surface area contributed by atoms with Crippen molar-refractivity contribution in [2.75, 3.05) is 44.2 Å². The number of nitrogens with zero attached hydrogens (tertiary/aromatic N) is 4. The topological polar surface area (TPSA) is 77.0 Å². The summed E-state index contributed by atoms with van der Waals surface area (Å²) in [5.74, 6) is 0.330. The molecule has 1 N–H and O–H groups in total. The molecule has 0 aliphatic carbocycles. The number of rotatable bonds is 4. The lowest BCUT2D eigenvalue weighted by molar-refractivity contribution is -0.144. The molecule has 3 rings (SSSR count). The molecule has 2 fully saturated rings. The first kappa shape index (κ1) is 24.5. The summed E-state index contributed by atoms with van der Waals surface area (Å²) >= 11 is 0. The highest BCUT2D eigenvalue weighted by molar-refractivity contribution is 5.82. The lowest BCUT2D eigenvalue weighted by Gasteiger charge is -2.40. The Balaban J connectivity index is 1.61. The van der Waals surface area contributed by atoms with E-state index >= 15 is 0 Å². The summed E-state index contributed by atoms with van der Waals surface area (Å²) in [6.45, 7) is 15.9. The fourth-order valence-corrected chi connectivity index (χ4v) is 4.59. The van der Waals surface area contributed by atoms with Gasteiger partial charge in [-0.25, -0.2) is 0 Å². The van der Waals surface area contributed by atoms with E-state index in [4.69, 9.17) is 0 Å². The fraction of sp³-hybridized carbons (Fsp3) is 0.720. The minimum atomic E-state index is -0.666. The third kappa shape index (κ3) is 5.80. The summed E-state index contributed by atoms with van der Waals surface area (Å²) in [7, 11) is 0. The Hall–Kier alpha value is -2.15. The molecule has 7 nitrogen and oxygen atoms in total. The molecule has 3 heterocycles. The molecule has 0 bridgehead atoms. The van der Waals surface area contributed by atoms with Gasteiger partial charge in [-0.2, -0.15) is 0 Å². The van der Waals surface area contributed by atoms with Crippen molar-refractivity contribution in [1.82, 2.24) is 14.8 Å². The Morgan fingerprint density at radius 2 is 1.50 bits per heavy atom. The van der Waals surface area contributed by atoms with Gasteiger partial charge >= 0.3 is 0 Å². The van der Waals surface area contributed by atoms with Crippen molar-refractivity contribution in [3.63, 3.8) is 0 Å². The van der Waals surface area contributed by atoms with Crippen LogP contribution in [0, 0.1) is 10.8 Å². The number of carbonyl (C=O) groups is 2. The molecule has 1 aromatic rings. The van der Waals surface area contributed by atoms with E-state index in [1.807, 2.05) is 63.7 Å². The van der Waals surface area contributed by atoms with E-state index in [-0.39, 0.29) is 17.2 Å². The van der Waals surface area contributed by atoms with Gasteiger partial charge in [0.05, 0.1) is 17.5 Å². The van der Waals surface area contributed by atoms with Crippen molar-refractivity contribution < 1.29 is 14.7 Å². The first-order valence-corrected chi connectivity index (χ1v) is 11.8. The highest BCUT2D eigenvalue weighted by Gasteiger charge is 2.37. The maximum absolute atomic E-state index is 13.2. The van der Waals surface area contributed by atoms with E-state index in [9.17, 15) is 14.7 Å². The van der Waals surface area contributed by atoms with E-state index in [0.717, 1.165) is 24.3 Å². The number of aromatic nitrogens is 1. The number of piperidine rings is 1.